The van der Waals surface area contributed by atoms with Crippen molar-refractivity contribution in [3.05, 3.63) is 17.8 Å². The second-order valence-corrected chi connectivity index (χ2v) is 3.40. The average Bonchev–Trinajstić information content (AvgIpc) is 2.20. The molecule has 0 aliphatic rings. The van der Waals surface area contributed by atoms with Crippen LogP contribution in [-0.2, 0) is 6.42 Å². The Kier molecular flexibility index (Phi) is 4.42. The maximum atomic E-state index is 13.5. The van der Waals surface area contributed by atoms with Gasteiger partial charge in [-0.15, -0.1) is 0 Å². The molecular weight excluding hydrogens is 197 g/mol. The summed E-state index contributed by atoms with van der Waals surface area (Å²) in [4.78, 5) is 7.63. The quantitative estimate of drug-likeness (QED) is 0.775. The molecule has 1 heterocycles. The summed E-state index contributed by atoms with van der Waals surface area (Å²) in [6, 6.07) is 0. The van der Waals surface area contributed by atoms with Gasteiger partial charge in [0.15, 0.2) is 11.6 Å². The predicted molar refractivity (Wildman–Crippen MR) is 56.2 cm³/mol. The molecule has 4 nitrogen and oxygen atoms in total. The second kappa shape index (κ2) is 5.60. The van der Waals surface area contributed by atoms with Gasteiger partial charge in [-0.25, -0.2) is 14.4 Å². The molecule has 1 unspecified atom stereocenters. The Morgan fingerprint density at radius 3 is 2.87 bits per heavy atom. The second-order valence-electron chi connectivity index (χ2n) is 3.40. The van der Waals surface area contributed by atoms with E-state index in [9.17, 15) is 4.39 Å². The highest BCUT2D eigenvalue weighted by Gasteiger charge is 2.08. The third-order valence-electron chi connectivity index (χ3n) is 2.05. The van der Waals surface area contributed by atoms with E-state index in [1.165, 1.54) is 6.33 Å². The van der Waals surface area contributed by atoms with Crippen molar-refractivity contribution in [3.63, 3.8) is 0 Å². The third-order valence-corrected chi connectivity index (χ3v) is 2.05. The zero-order chi connectivity index (χ0) is 11.3. The number of nitrogens with one attached hydrogen (secondary N) is 1. The molecule has 0 saturated carbocycles. The first-order valence-electron chi connectivity index (χ1n) is 5.06. The van der Waals surface area contributed by atoms with E-state index < -0.39 is 11.9 Å². The van der Waals surface area contributed by atoms with E-state index in [2.05, 4.69) is 15.3 Å². The molecule has 0 aromatic carbocycles. The number of anilines is 1. The molecule has 1 atom stereocenters. The fourth-order valence-corrected chi connectivity index (χ4v) is 1.18. The Morgan fingerprint density at radius 2 is 2.27 bits per heavy atom. The first-order valence-corrected chi connectivity index (χ1v) is 5.06. The molecule has 1 rings (SSSR count). The van der Waals surface area contributed by atoms with E-state index in [1.54, 1.807) is 6.92 Å². The Hall–Kier alpha value is -1.23. The van der Waals surface area contributed by atoms with Crippen molar-refractivity contribution in [1.29, 1.82) is 0 Å². The van der Waals surface area contributed by atoms with Crippen LogP contribution in [-0.4, -0.2) is 27.7 Å². The van der Waals surface area contributed by atoms with Crippen LogP contribution in [0, 0.1) is 5.82 Å². The van der Waals surface area contributed by atoms with Crippen LogP contribution in [0.3, 0.4) is 0 Å². The number of aromatic nitrogens is 2. The number of hydrogen-bond acceptors (Lipinski definition) is 4. The highest BCUT2D eigenvalue weighted by molar-refractivity contribution is 5.37. The molecule has 0 aliphatic heterocycles. The van der Waals surface area contributed by atoms with Crippen LogP contribution in [0.2, 0.25) is 0 Å². The summed E-state index contributed by atoms with van der Waals surface area (Å²) in [5.41, 5.74) is 0.407. The summed E-state index contributed by atoms with van der Waals surface area (Å²) in [6.07, 6.45) is 2.05. The van der Waals surface area contributed by atoms with Gasteiger partial charge in [0.25, 0.3) is 0 Å². The molecule has 0 spiro atoms. The smallest absolute Gasteiger partial charge is 0.186 e. The van der Waals surface area contributed by atoms with E-state index in [-0.39, 0.29) is 5.82 Å². The Labute approximate surface area is 88.6 Å². The Balaban J connectivity index is 2.61. The van der Waals surface area contributed by atoms with Crippen molar-refractivity contribution in [2.75, 3.05) is 11.9 Å². The van der Waals surface area contributed by atoms with E-state index in [0.29, 0.717) is 25.1 Å². The lowest BCUT2D eigenvalue weighted by atomic mass is 10.2. The standard InChI is InChI=1S/C10H16FN3O/c1-3-8-9(11)10(14-6-13-8)12-5-4-7(2)15/h6-7,15H,3-5H2,1-2H3,(H,12,13,14). The van der Waals surface area contributed by atoms with Gasteiger partial charge in [-0.3, -0.25) is 0 Å². The summed E-state index contributed by atoms with van der Waals surface area (Å²) in [6.45, 7) is 4.02. The van der Waals surface area contributed by atoms with Gasteiger partial charge in [0.1, 0.15) is 6.33 Å². The van der Waals surface area contributed by atoms with Crippen LogP contribution in [0.1, 0.15) is 26.0 Å². The van der Waals surface area contributed by atoms with Gasteiger partial charge < -0.3 is 10.4 Å². The molecule has 2 N–H and O–H groups in total. The van der Waals surface area contributed by atoms with Gasteiger partial charge in [0.05, 0.1) is 11.8 Å². The lowest BCUT2D eigenvalue weighted by Crippen LogP contribution is -2.12. The summed E-state index contributed by atoms with van der Waals surface area (Å²) < 4.78 is 13.5. The van der Waals surface area contributed by atoms with Crippen LogP contribution < -0.4 is 5.32 Å². The number of hydrogen-bond donors (Lipinski definition) is 2. The summed E-state index contributed by atoms with van der Waals surface area (Å²) in [5, 5.41) is 11.9. The molecule has 0 fully saturated rings. The van der Waals surface area contributed by atoms with Crippen LogP contribution in [0.15, 0.2) is 6.33 Å². The maximum absolute atomic E-state index is 13.5. The number of nitrogens with zero attached hydrogens (tertiary/aromatic N) is 2. The van der Waals surface area contributed by atoms with Crippen molar-refractivity contribution >= 4 is 5.82 Å². The predicted octanol–water partition coefficient (Wildman–Crippen LogP) is 1.36. The number of aliphatic hydroxyl groups excluding tert-OH is 1. The molecule has 84 valence electrons. The van der Waals surface area contributed by atoms with E-state index in [0.717, 1.165) is 0 Å². The minimum Gasteiger partial charge on any atom is -0.393 e. The van der Waals surface area contributed by atoms with E-state index in [4.69, 9.17) is 5.11 Å². The highest BCUT2D eigenvalue weighted by atomic mass is 19.1. The molecule has 1 aromatic heterocycles. The van der Waals surface area contributed by atoms with Crippen molar-refractivity contribution in [2.24, 2.45) is 0 Å². The van der Waals surface area contributed by atoms with Gasteiger partial charge >= 0.3 is 0 Å². The zero-order valence-electron chi connectivity index (χ0n) is 9.00. The minimum absolute atomic E-state index is 0.211. The molecule has 0 aliphatic carbocycles. The lowest BCUT2D eigenvalue weighted by Gasteiger charge is -2.08. The molecule has 0 radical (unpaired) electrons. The van der Waals surface area contributed by atoms with Gasteiger partial charge in [0.2, 0.25) is 0 Å². The Bertz CT molecular complexity index is 318. The zero-order valence-corrected chi connectivity index (χ0v) is 9.00. The number of aliphatic hydroxyl groups is 1. The van der Waals surface area contributed by atoms with Gasteiger partial charge in [-0.05, 0) is 19.8 Å². The van der Waals surface area contributed by atoms with Gasteiger partial charge in [-0.2, -0.15) is 0 Å². The van der Waals surface area contributed by atoms with E-state index in [1.807, 2.05) is 6.92 Å². The normalized spacial score (nSPS) is 12.5. The summed E-state index contributed by atoms with van der Waals surface area (Å²) in [5.74, 6) is -0.187. The fourth-order valence-electron chi connectivity index (χ4n) is 1.18. The number of rotatable bonds is 5. The van der Waals surface area contributed by atoms with Crippen LogP contribution in [0.4, 0.5) is 10.2 Å². The maximum Gasteiger partial charge on any atom is 0.186 e. The van der Waals surface area contributed by atoms with Crippen molar-refractivity contribution in [3.8, 4) is 0 Å². The molecular formula is C10H16FN3O. The van der Waals surface area contributed by atoms with Gasteiger partial charge in [0, 0.05) is 6.54 Å². The van der Waals surface area contributed by atoms with E-state index >= 15 is 0 Å². The average molecular weight is 213 g/mol. The van der Waals surface area contributed by atoms with Crippen molar-refractivity contribution < 1.29 is 9.50 Å². The van der Waals surface area contributed by atoms with Crippen LogP contribution in [0.25, 0.3) is 0 Å². The molecule has 1 aromatic rings. The SMILES string of the molecule is CCc1ncnc(NCCC(C)O)c1F. The fraction of sp³-hybridized carbons (Fsp3) is 0.600. The molecule has 5 heteroatoms. The molecule has 15 heavy (non-hydrogen) atoms. The number of halogens is 1. The highest BCUT2D eigenvalue weighted by Crippen LogP contribution is 2.12. The monoisotopic (exact) mass is 213 g/mol. The Morgan fingerprint density at radius 1 is 1.53 bits per heavy atom. The molecule has 0 bridgehead atoms. The lowest BCUT2D eigenvalue weighted by molar-refractivity contribution is 0.188. The first kappa shape index (κ1) is 11.8. The topological polar surface area (TPSA) is 58.0 Å². The number of aryl methyl sites for hydroxylation is 1. The molecule has 0 amide bonds. The summed E-state index contributed by atoms with van der Waals surface area (Å²) >= 11 is 0. The van der Waals surface area contributed by atoms with Crippen molar-refractivity contribution in [2.45, 2.75) is 32.8 Å². The molecule has 0 saturated heterocycles. The van der Waals surface area contributed by atoms with Crippen molar-refractivity contribution in [1.82, 2.24) is 9.97 Å². The van der Waals surface area contributed by atoms with Gasteiger partial charge in [-0.1, -0.05) is 6.92 Å². The largest absolute Gasteiger partial charge is 0.393 e. The third kappa shape index (κ3) is 3.43. The minimum atomic E-state index is -0.398. The summed E-state index contributed by atoms with van der Waals surface area (Å²) in [7, 11) is 0. The first-order chi connectivity index (χ1) is 7.15. The van der Waals surface area contributed by atoms with Crippen LogP contribution in [0.5, 0.6) is 0 Å². The van der Waals surface area contributed by atoms with Crippen LogP contribution >= 0.6 is 0 Å².